The van der Waals surface area contributed by atoms with Crippen LogP contribution in [0.3, 0.4) is 0 Å². The first-order valence-electron chi connectivity index (χ1n) is 8.90. The summed E-state index contributed by atoms with van der Waals surface area (Å²) in [6.45, 7) is 1.10. The topological polar surface area (TPSA) is 58.6 Å². The average molecular weight is 335 g/mol. The number of halogens is 1. The smallest absolute Gasteiger partial charge is 0.230 e. The second kappa shape index (κ2) is 7.62. The van der Waals surface area contributed by atoms with Gasteiger partial charge in [0.25, 0.3) is 0 Å². The van der Waals surface area contributed by atoms with Gasteiger partial charge in [-0.3, -0.25) is 4.79 Å². The lowest BCUT2D eigenvalue weighted by Gasteiger charge is -2.29. The van der Waals surface area contributed by atoms with E-state index in [0.29, 0.717) is 12.5 Å². The number of carbonyl (C=O) groups excluding carboxylic acids is 1. The number of hydrogen-bond donors (Lipinski definition) is 2. The molecule has 2 aliphatic rings. The maximum Gasteiger partial charge on any atom is 0.230 e. The molecular weight excluding hydrogens is 309 g/mol. The molecule has 0 bridgehead atoms. The number of ether oxygens (including phenoxy) is 1. The standard InChI is InChI=1S/C19H26FNO3/c20-16-5-3-4-15(10-16)19(8-1-2-9-19)18(23)21-11-17(22)13-24-12-14-6-7-14/h3-5,10,14,17,22H,1-2,6-9,11-13H2,(H,21,23). The van der Waals surface area contributed by atoms with Crippen molar-refractivity contribution in [1.29, 1.82) is 0 Å². The fraction of sp³-hybridized carbons (Fsp3) is 0.632. The molecule has 1 unspecified atom stereocenters. The zero-order chi connectivity index (χ0) is 17.0. The molecule has 2 N–H and O–H groups in total. The summed E-state index contributed by atoms with van der Waals surface area (Å²) in [7, 11) is 0. The number of carbonyl (C=O) groups is 1. The van der Waals surface area contributed by atoms with E-state index in [9.17, 15) is 14.3 Å². The summed E-state index contributed by atoms with van der Waals surface area (Å²) in [4.78, 5) is 12.8. The van der Waals surface area contributed by atoms with Crippen LogP contribution in [-0.4, -0.2) is 36.9 Å². The van der Waals surface area contributed by atoms with E-state index in [1.807, 2.05) is 6.07 Å². The Kier molecular flexibility index (Phi) is 5.51. The monoisotopic (exact) mass is 335 g/mol. The fourth-order valence-corrected chi connectivity index (χ4v) is 3.51. The maximum atomic E-state index is 13.6. The van der Waals surface area contributed by atoms with E-state index in [2.05, 4.69) is 5.32 Å². The fourth-order valence-electron chi connectivity index (χ4n) is 3.51. The molecule has 132 valence electrons. The van der Waals surface area contributed by atoms with Crippen molar-refractivity contribution in [3.63, 3.8) is 0 Å². The molecule has 1 aromatic rings. The average Bonchev–Trinajstić information content (AvgIpc) is 3.25. The molecule has 3 rings (SSSR count). The third kappa shape index (κ3) is 4.14. The minimum Gasteiger partial charge on any atom is -0.389 e. The van der Waals surface area contributed by atoms with E-state index in [0.717, 1.165) is 31.2 Å². The van der Waals surface area contributed by atoms with Gasteiger partial charge in [-0.25, -0.2) is 4.39 Å². The Bertz CT molecular complexity index is 567. The number of benzene rings is 1. The zero-order valence-electron chi connectivity index (χ0n) is 14.0. The Morgan fingerprint density at radius 3 is 2.79 bits per heavy atom. The van der Waals surface area contributed by atoms with E-state index in [4.69, 9.17) is 4.74 Å². The molecule has 2 fully saturated rings. The SMILES string of the molecule is O=C(NCC(O)COCC1CC1)C1(c2cccc(F)c2)CCCC1. The number of rotatable bonds is 8. The van der Waals surface area contributed by atoms with E-state index < -0.39 is 11.5 Å². The van der Waals surface area contributed by atoms with E-state index >= 15 is 0 Å². The van der Waals surface area contributed by atoms with Crippen LogP contribution < -0.4 is 5.32 Å². The van der Waals surface area contributed by atoms with Gasteiger partial charge in [0.2, 0.25) is 5.91 Å². The molecule has 1 atom stereocenters. The Balaban J connectivity index is 1.56. The van der Waals surface area contributed by atoms with Crippen LogP contribution in [0.2, 0.25) is 0 Å². The molecule has 5 heteroatoms. The summed E-state index contributed by atoms with van der Waals surface area (Å²) >= 11 is 0. The summed E-state index contributed by atoms with van der Waals surface area (Å²) < 4.78 is 19.0. The van der Waals surface area contributed by atoms with Crippen molar-refractivity contribution >= 4 is 5.91 Å². The van der Waals surface area contributed by atoms with E-state index in [1.165, 1.54) is 25.0 Å². The van der Waals surface area contributed by atoms with Crippen LogP contribution in [0, 0.1) is 11.7 Å². The number of aliphatic hydroxyl groups excluding tert-OH is 1. The van der Waals surface area contributed by atoms with Crippen LogP contribution in [0.25, 0.3) is 0 Å². The van der Waals surface area contributed by atoms with Crippen molar-refractivity contribution < 1.29 is 19.0 Å². The van der Waals surface area contributed by atoms with Crippen LogP contribution in [0.1, 0.15) is 44.1 Å². The molecule has 4 nitrogen and oxygen atoms in total. The van der Waals surface area contributed by atoms with E-state index in [1.54, 1.807) is 6.07 Å². The second-order valence-electron chi connectivity index (χ2n) is 7.14. The van der Waals surface area contributed by atoms with Crippen molar-refractivity contribution in [2.75, 3.05) is 19.8 Å². The summed E-state index contributed by atoms with van der Waals surface area (Å²) in [6.07, 6.45) is 5.06. The summed E-state index contributed by atoms with van der Waals surface area (Å²) in [6, 6.07) is 6.33. The number of aliphatic hydroxyl groups is 1. The molecular formula is C19H26FNO3. The highest BCUT2D eigenvalue weighted by Crippen LogP contribution is 2.41. The first kappa shape index (κ1) is 17.4. The Labute approximate surface area is 142 Å². The van der Waals surface area contributed by atoms with Gasteiger partial charge in [-0.1, -0.05) is 25.0 Å². The van der Waals surface area contributed by atoms with Gasteiger partial charge < -0.3 is 15.2 Å². The second-order valence-corrected chi connectivity index (χ2v) is 7.14. The molecule has 2 aliphatic carbocycles. The first-order valence-corrected chi connectivity index (χ1v) is 8.90. The van der Waals surface area contributed by atoms with Crippen molar-refractivity contribution in [2.45, 2.75) is 50.0 Å². The molecule has 0 saturated heterocycles. The maximum absolute atomic E-state index is 13.6. The van der Waals surface area contributed by atoms with Crippen LogP contribution in [0.15, 0.2) is 24.3 Å². The predicted octanol–water partition coefficient (Wildman–Crippen LogP) is 2.54. The van der Waals surface area contributed by atoms with Gasteiger partial charge in [0, 0.05) is 13.2 Å². The Morgan fingerprint density at radius 2 is 2.12 bits per heavy atom. The van der Waals surface area contributed by atoms with Gasteiger partial charge in [0.15, 0.2) is 0 Å². The zero-order valence-corrected chi connectivity index (χ0v) is 14.0. The molecule has 1 aromatic carbocycles. The van der Waals surface area contributed by atoms with Crippen LogP contribution >= 0.6 is 0 Å². The van der Waals surface area contributed by atoms with Gasteiger partial charge in [-0.05, 0) is 49.3 Å². The molecule has 0 radical (unpaired) electrons. The highest BCUT2D eigenvalue weighted by Gasteiger charge is 2.42. The number of hydrogen-bond acceptors (Lipinski definition) is 3. The molecule has 0 aliphatic heterocycles. The quantitative estimate of drug-likeness (QED) is 0.767. The lowest BCUT2D eigenvalue weighted by atomic mass is 9.78. The minimum atomic E-state index is -0.710. The van der Waals surface area contributed by atoms with Crippen LogP contribution in [-0.2, 0) is 14.9 Å². The Hall–Kier alpha value is -1.46. The lowest BCUT2D eigenvalue weighted by Crippen LogP contribution is -2.45. The molecule has 0 spiro atoms. The lowest BCUT2D eigenvalue weighted by molar-refractivity contribution is -0.127. The van der Waals surface area contributed by atoms with Crippen molar-refractivity contribution in [3.8, 4) is 0 Å². The normalized spacial score (nSPS) is 20.8. The van der Waals surface area contributed by atoms with Crippen molar-refractivity contribution in [3.05, 3.63) is 35.6 Å². The van der Waals surface area contributed by atoms with Gasteiger partial charge in [-0.15, -0.1) is 0 Å². The third-order valence-corrected chi connectivity index (χ3v) is 5.13. The van der Waals surface area contributed by atoms with Crippen LogP contribution in [0.5, 0.6) is 0 Å². The Morgan fingerprint density at radius 1 is 1.38 bits per heavy atom. The first-order chi connectivity index (χ1) is 11.6. The minimum absolute atomic E-state index is 0.119. The molecule has 0 aromatic heterocycles. The third-order valence-electron chi connectivity index (χ3n) is 5.13. The van der Waals surface area contributed by atoms with Crippen molar-refractivity contribution in [1.82, 2.24) is 5.32 Å². The molecule has 24 heavy (non-hydrogen) atoms. The van der Waals surface area contributed by atoms with Gasteiger partial charge in [0.1, 0.15) is 5.82 Å². The van der Waals surface area contributed by atoms with Gasteiger partial charge >= 0.3 is 0 Å². The van der Waals surface area contributed by atoms with E-state index in [-0.39, 0.29) is 24.9 Å². The molecule has 0 heterocycles. The van der Waals surface area contributed by atoms with Crippen molar-refractivity contribution in [2.24, 2.45) is 5.92 Å². The number of nitrogens with one attached hydrogen (secondary N) is 1. The predicted molar refractivity (Wildman–Crippen MR) is 89.1 cm³/mol. The van der Waals surface area contributed by atoms with Gasteiger partial charge in [-0.2, -0.15) is 0 Å². The molecule has 2 saturated carbocycles. The highest BCUT2D eigenvalue weighted by atomic mass is 19.1. The summed E-state index contributed by atoms with van der Waals surface area (Å²) in [5.41, 5.74) is 0.0634. The van der Waals surface area contributed by atoms with Crippen LogP contribution in [0.4, 0.5) is 4.39 Å². The summed E-state index contributed by atoms with van der Waals surface area (Å²) in [5, 5.41) is 12.8. The highest BCUT2D eigenvalue weighted by molar-refractivity contribution is 5.88. The van der Waals surface area contributed by atoms with Gasteiger partial charge in [0.05, 0.1) is 18.1 Å². The summed E-state index contributed by atoms with van der Waals surface area (Å²) in [5.74, 6) is 0.216. The molecule has 1 amide bonds. The number of amides is 1. The largest absolute Gasteiger partial charge is 0.389 e.